The molecule has 0 aliphatic heterocycles. The van der Waals surface area contributed by atoms with Gasteiger partial charge >= 0.3 is 5.97 Å². The number of para-hydroxylation sites is 1. The Morgan fingerprint density at radius 2 is 1.75 bits per heavy atom. The number of carbonyl (C=O) groups is 1. The molecular weight excluding hydrogens is 358 g/mol. The number of aliphatic carboxylic acids is 1. The van der Waals surface area contributed by atoms with Gasteiger partial charge in [-0.2, -0.15) is 0 Å². The Bertz CT molecular complexity index is 996. The van der Waals surface area contributed by atoms with Gasteiger partial charge in [-0.05, 0) is 30.7 Å². The van der Waals surface area contributed by atoms with E-state index in [2.05, 4.69) is 4.98 Å². The van der Waals surface area contributed by atoms with Crippen molar-refractivity contribution in [1.29, 1.82) is 0 Å². The molecule has 3 aromatic rings. The van der Waals surface area contributed by atoms with Crippen LogP contribution in [-0.2, 0) is 9.53 Å². The van der Waals surface area contributed by atoms with E-state index < -0.39 is 5.97 Å². The number of carboxylic acids is 1. The predicted octanol–water partition coefficient (Wildman–Crippen LogP) is 5.05. The zero-order valence-corrected chi connectivity index (χ0v) is 15.5. The van der Waals surface area contributed by atoms with Crippen molar-refractivity contribution in [2.45, 2.75) is 6.92 Å². The number of aryl methyl sites for hydroxylation is 1. The van der Waals surface area contributed by atoms with Crippen LogP contribution in [0.3, 0.4) is 0 Å². The van der Waals surface area contributed by atoms with E-state index in [-0.39, 0.29) is 5.57 Å². The molecule has 28 heavy (non-hydrogen) atoms. The van der Waals surface area contributed by atoms with Crippen LogP contribution in [0.25, 0.3) is 5.57 Å². The molecule has 0 aliphatic carbocycles. The van der Waals surface area contributed by atoms with Crippen LogP contribution in [0.15, 0.2) is 73.1 Å². The Morgan fingerprint density at radius 1 is 1.00 bits per heavy atom. The molecule has 3 rings (SSSR count). The van der Waals surface area contributed by atoms with Crippen molar-refractivity contribution < 1.29 is 24.1 Å². The summed E-state index contributed by atoms with van der Waals surface area (Å²) in [6, 6.07) is 17.6. The van der Waals surface area contributed by atoms with Crippen LogP contribution in [0.5, 0.6) is 23.1 Å². The lowest BCUT2D eigenvalue weighted by molar-refractivity contribution is -0.130. The fourth-order valence-corrected chi connectivity index (χ4v) is 2.49. The SMILES string of the molecule is CO/C=C(/C(=O)O)c1ccccc1Oc1cccc(Oc2ccc(C)cn2)c1. The van der Waals surface area contributed by atoms with Crippen molar-refractivity contribution in [2.24, 2.45) is 0 Å². The van der Waals surface area contributed by atoms with E-state index in [1.807, 2.05) is 13.0 Å². The molecular formula is C22H19NO5. The van der Waals surface area contributed by atoms with Crippen LogP contribution >= 0.6 is 0 Å². The Labute approximate surface area is 162 Å². The molecule has 6 heteroatoms. The molecule has 0 spiro atoms. The van der Waals surface area contributed by atoms with Gasteiger partial charge in [0.15, 0.2) is 0 Å². The number of rotatable bonds is 7. The van der Waals surface area contributed by atoms with Crippen molar-refractivity contribution >= 4 is 11.5 Å². The van der Waals surface area contributed by atoms with Crippen LogP contribution < -0.4 is 9.47 Å². The summed E-state index contributed by atoms with van der Waals surface area (Å²) < 4.78 is 16.6. The molecule has 0 saturated carbocycles. The molecule has 0 aliphatic rings. The van der Waals surface area contributed by atoms with Gasteiger partial charge in [0.05, 0.1) is 13.4 Å². The van der Waals surface area contributed by atoms with E-state index in [0.717, 1.165) is 5.56 Å². The maximum absolute atomic E-state index is 11.5. The highest BCUT2D eigenvalue weighted by atomic mass is 16.5. The standard InChI is InChI=1S/C22H19NO5/c1-15-10-11-21(23-13-15)28-17-7-5-6-16(12-17)27-20-9-4-3-8-18(20)19(14-26-2)22(24)25/h3-14H,1-2H3,(H,24,25)/b19-14+. The number of nitrogens with zero attached hydrogens (tertiary/aromatic N) is 1. The molecule has 0 radical (unpaired) electrons. The lowest BCUT2D eigenvalue weighted by Crippen LogP contribution is -2.02. The molecule has 0 saturated heterocycles. The number of methoxy groups -OCH3 is 1. The molecule has 6 nitrogen and oxygen atoms in total. The van der Waals surface area contributed by atoms with Crippen LogP contribution in [-0.4, -0.2) is 23.2 Å². The van der Waals surface area contributed by atoms with Gasteiger partial charge in [0.2, 0.25) is 5.88 Å². The van der Waals surface area contributed by atoms with Gasteiger partial charge in [-0.25, -0.2) is 9.78 Å². The molecule has 0 bridgehead atoms. The summed E-state index contributed by atoms with van der Waals surface area (Å²) >= 11 is 0. The second-order valence-electron chi connectivity index (χ2n) is 5.92. The Balaban J connectivity index is 1.86. The molecule has 0 fully saturated rings. The number of ether oxygens (including phenoxy) is 3. The van der Waals surface area contributed by atoms with Gasteiger partial charge in [0, 0.05) is 23.9 Å². The number of hydrogen-bond donors (Lipinski definition) is 1. The first kappa shape index (κ1) is 19.0. The summed E-state index contributed by atoms with van der Waals surface area (Å²) in [6.45, 7) is 1.95. The van der Waals surface area contributed by atoms with Crippen molar-refractivity contribution in [1.82, 2.24) is 4.98 Å². The molecule has 1 heterocycles. The average molecular weight is 377 g/mol. The second-order valence-corrected chi connectivity index (χ2v) is 5.92. The third-order valence-corrected chi connectivity index (χ3v) is 3.78. The fraction of sp³-hybridized carbons (Fsp3) is 0.0909. The smallest absolute Gasteiger partial charge is 0.339 e. The molecule has 0 atom stereocenters. The normalized spacial score (nSPS) is 11.0. The van der Waals surface area contributed by atoms with E-state index in [9.17, 15) is 9.90 Å². The zero-order chi connectivity index (χ0) is 19.9. The van der Waals surface area contributed by atoms with Crippen molar-refractivity contribution in [3.05, 3.63) is 84.2 Å². The van der Waals surface area contributed by atoms with Gasteiger partial charge in [-0.15, -0.1) is 0 Å². The highest BCUT2D eigenvalue weighted by Crippen LogP contribution is 2.32. The van der Waals surface area contributed by atoms with Crippen LogP contribution in [0.1, 0.15) is 11.1 Å². The first-order valence-electron chi connectivity index (χ1n) is 8.51. The van der Waals surface area contributed by atoms with Crippen LogP contribution in [0, 0.1) is 6.92 Å². The number of benzene rings is 2. The lowest BCUT2D eigenvalue weighted by atomic mass is 10.1. The van der Waals surface area contributed by atoms with Crippen molar-refractivity contribution in [3.63, 3.8) is 0 Å². The Hall–Kier alpha value is -3.80. The largest absolute Gasteiger partial charge is 0.503 e. The number of aromatic nitrogens is 1. The topological polar surface area (TPSA) is 77.9 Å². The molecule has 1 aromatic heterocycles. The summed E-state index contributed by atoms with van der Waals surface area (Å²) in [5.74, 6) is 0.801. The van der Waals surface area contributed by atoms with Crippen LogP contribution in [0.4, 0.5) is 0 Å². The monoisotopic (exact) mass is 377 g/mol. The van der Waals surface area contributed by atoms with E-state index >= 15 is 0 Å². The summed E-state index contributed by atoms with van der Waals surface area (Å²) in [5, 5.41) is 9.45. The second kappa shape index (κ2) is 8.73. The average Bonchev–Trinajstić information content (AvgIpc) is 2.69. The number of pyridine rings is 1. The van der Waals surface area contributed by atoms with Crippen molar-refractivity contribution in [3.8, 4) is 23.1 Å². The summed E-state index contributed by atoms with van der Waals surface area (Å²) in [6.07, 6.45) is 2.90. The molecule has 2 aromatic carbocycles. The summed E-state index contributed by atoms with van der Waals surface area (Å²) in [4.78, 5) is 15.8. The molecule has 1 N–H and O–H groups in total. The third-order valence-electron chi connectivity index (χ3n) is 3.78. The minimum Gasteiger partial charge on any atom is -0.503 e. The van der Waals surface area contributed by atoms with E-state index in [1.165, 1.54) is 13.4 Å². The molecule has 0 unspecified atom stereocenters. The summed E-state index contributed by atoms with van der Waals surface area (Å²) in [5.41, 5.74) is 1.44. The minimum atomic E-state index is -1.11. The Morgan fingerprint density at radius 3 is 2.43 bits per heavy atom. The van der Waals surface area contributed by atoms with Crippen LogP contribution in [0.2, 0.25) is 0 Å². The fourth-order valence-electron chi connectivity index (χ4n) is 2.49. The van der Waals surface area contributed by atoms with E-state index in [4.69, 9.17) is 14.2 Å². The summed E-state index contributed by atoms with van der Waals surface area (Å²) in [7, 11) is 1.40. The Kier molecular flexibility index (Phi) is 5.91. The highest BCUT2D eigenvalue weighted by Gasteiger charge is 2.16. The third kappa shape index (κ3) is 4.67. The van der Waals surface area contributed by atoms with Gasteiger partial charge in [0.1, 0.15) is 22.8 Å². The van der Waals surface area contributed by atoms with E-state index in [0.29, 0.717) is 28.7 Å². The predicted molar refractivity (Wildman–Crippen MR) is 105 cm³/mol. The quantitative estimate of drug-likeness (QED) is 0.459. The maximum atomic E-state index is 11.5. The van der Waals surface area contributed by atoms with Gasteiger partial charge in [-0.1, -0.05) is 30.3 Å². The minimum absolute atomic E-state index is 0.00522. The van der Waals surface area contributed by atoms with Gasteiger partial charge < -0.3 is 19.3 Å². The number of carboxylic acid groups (broad SMARTS) is 1. The maximum Gasteiger partial charge on any atom is 0.339 e. The first-order valence-corrected chi connectivity index (χ1v) is 8.51. The number of hydrogen-bond acceptors (Lipinski definition) is 5. The molecule has 0 amide bonds. The highest BCUT2D eigenvalue weighted by molar-refractivity contribution is 6.15. The van der Waals surface area contributed by atoms with Gasteiger partial charge in [-0.3, -0.25) is 0 Å². The first-order chi connectivity index (χ1) is 13.6. The molecule has 142 valence electrons. The zero-order valence-electron chi connectivity index (χ0n) is 15.5. The van der Waals surface area contributed by atoms with E-state index in [1.54, 1.807) is 60.8 Å². The van der Waals surface area contributed by atoms with Crippen molar-refractivity contribution in [2.75, 3.05) is 7.11 Å². The lowest BCUT2D eigenvalue weighted by Gasteiger charge is -2.12. The van der Waals surface area contributed by atoms with Gasteiger partial charge in [0.25, 0.3) is 0 Å².